The number of nitrogens with zero attached hydrogens (tertiary/aromatic N) is 1. The molecular weight excluding hydrogens is 548 g/mol. The molecule has 2 atom stereocenters. The van der Waals surface area contributed by atoms with Gasteiger partial charge in [0.1, 0.15) is 23.4 Å². The number of hydrogen-bond acceptors (Lipinski definition) is 6. The van der Waals surface area contributed by atoms with Gasteiger partial charge >= 0.3 is 6.09 Å². The number of aryl methyl sites for hydroxylation is 2. The number of benzene rings is 2. The molecule has 41 heavy (non-hydrogen) atoms. The molecule has 0 fully saturated rings. The van der Waals surface area contributed by atoms with Crippen LogP contribution >= 0.6 is 11.6 Å². The van der Waals surface area contributed by atoms with Crippen LogP contribution in [0.25, 0.3) is 0 Å². The number of phenols is 1. The van der Waals surface area contributed by atoms with E-state index in [0.29, 0.717) is 34.7 Å². The van der Waals surface area contributed by atoms with Crippen LogP contribution in [0.4, 0.5) is 10.5 Å². The number of halogens is 1. The van der Waals surface area contributed by atoms with Crippen LogP contribution in [0.3, 0.4) is 0 Å². The number of nitrogens with one attached hydrogen (secondary N) is 2. The molecule has 2 aromatic carbocycles. The third-order valence-electron chi connectivity index (χ3n) is 6.30. The molecule has 0 heterocycles. The lowest BCUT2D eigenvalue weighted by Crippen LogP contribution is -2.53. The quantitative estimate of drug-likeness (QED) is 0.270. The van der Waals surface area contributed by atoms with Gasteiger partial charge in [-0.05, 0) is 64.7 Å². The zero-order chi connectivity index (χ0) is 30.9. The molecule has 0 spiro atoms. The minimum atomic E-state index is -1.30. The zero-order valence-electron chi connectivity index (χ0n) is 24.5. The first-order valence-electron chi connectivity index (χ1n) is 13.6. The summed E-state index contributed by atoms with van der Waals surface area (Å²) in [4.78, 5) is 53.8. The van der Waals surface area contributed by atoms with E-state index in [1.165, 1.54) is 4.90 Å². The summed E-state index contributed by atoms with van der Waals surface area (Å²) in [6, 6.07) is 7.55. The van der Waals surface area contributed by atoms with Gasteiger partial charge in [0, 0.05) is 18.5 Å². The van der Waals surface area contributed by atoms with Crippen LogP contribution in [0.2, 0.25) is 5.02 Å². The molecular formula is C30H41ClN4O6. The number of carbonyl (C=O) groups excluding carboxylic acids is 4. The average Bonchev–Trinajstić information content (AvgIpc) is 2.87. The van der Waals surface area contributed by atoms with Gasteiger partial charge in [0.15, 0.2) is 0 Å². The molecule has 0 bridgehead atoms. The molecule has 0 radical (unpaired) electrons. The van der Waals surface area contributed by atoms with Gasteiger partial charge < -0.3 is 31.1 Å². The Hall–Kier alpha value is -3.79. The Morgan fingerprint density at radius 2 is 1.71 bits per heavy atom. The van der Waals surface area contributed by atoms with Gasteiger partial charge in [0.2, 0.25) is 11.8 Å². The summed E-state index contributed by atoms with van der Waals surface area (Å²) >= 11 is 6.39. The number of anilines is 1. The standard InChI is InChI=1S/C30H41ClN4O6/c1-7-8-17-35(28(39)22(15-16-23(32)36)33-29(40)41-30(4,5)6)25(20-13-9-12-19(3)26(20)37)27(38)34-24-18(2)11-10-14-21(24)31/h9-14,22,25,37H,7-8,15-17H2,1-6H3,(H2,32,36)(H,33,40)(H,34,38). The van der Waals surface area contributed by atoms with E-state index in [4.69, 9.17) is 22.1 Å². The van der Waals surface area contributed by atoms with Crippen LogP contribution in [0.15, 0.2) is 36.4 Å². The lowest BCUT2D eigenvalue weighted by atomic mass is 9.98. The second kappa shape index (κ2) is 14.7. The largest absolute Gasteiger partial charge is 0.507 e. The van der Waals surface area contributed by atoms with Crippen LogP contribution in [0.1, 0.15) is 76.1 Å². The molecule has 4 amide bonds. The Kier molecular flexibility index (Phi) is 12.0. The van der Waals surface area contributed by atoms with Crippen molar-refractivity contribution >= 4 is 41.1 Å². The van der Waals surface area contributed by atoms with Crippen LogP contribution in [0.5, 0.6) is 5.75 Å². The number of phenolic OH excluding ortho intramolecular Hbond substituents is 1. The molecule has 0 aliphatic carbocycles. The van der Waals surface area contributed by atoms with Crippen LogP contribution < -0.4 is 16.4 Å². The van der Waals surface area contributed by atoms with Crippen molar-refractivity contribution in [2.24, 2.45) is 5.73 Å². The van der Waals surface area contributed by atoms with Crippen molar-refractivity contribution in [2.45, 2.75) is 84.9 Å². The topological polar surface area (TPSA) is 151 Å². The molecule has 0 saturated carbocycles. The van der Waals surface area contributed by atoms with Gasteiger partial charge in [-0.15, -0.1) is 0 Å². The van der Waals surface area contributed by atoms with E-state index in [2.05, 4.69) is 10.6 Å². The maximum Gasteiger partial charge on any atom is 0.408 e. The summed E-state index contributed by atoms with van der Waals surface area (Å²) in [5, 5.41) is 16.7. The summed E-state index contributed by atoms with van der Waals surface area (Å²) in [6.45, 7) is 10.5. The average molecular weight is 589 g/mol. The van der Waals surface area contributed by atoms with Crippen molar-refractivity contribution < 1.29 is 29.0 Å². The first-order chi connectivity index (χ1) is 19.2. The molecule has 2 rings (SSSR count). The summed E-state index contributed by atoms with van der Waals surface area (Å²) < 4.78 is 5.35. The summed E-state index contributed by atoms with van der Waals surface area (Å²) in [5.74, 6) is -2.06. The fraction of sp³-hybridized carbons (Fsp3) is 0.467. The number of unbranched alkanes of at least 4 members (excludes halogenated alkanes) is 1. The maximum atomic E-state index is 14.2. The summed E-state index contributed by atoms with van der Waals surface area (Å²) in [6.07, 6.45) is 0.0317. The smallest absolute Gasteiger partial charge is 0.408 e. The molecule has 5 N–H and O–H groups in total. The Labute approximate surface area is 246 Å². The fourth-order valence-corrected chi connectivity index (χ4v) is 4.49. The van der Waals surface area contributed by atoms with E-state index in [1.807, 2.05) is 6.92 Å². The van der Waals surface area contributed by atoms with Crippen molar-refractivity contribution in [1.29, 1.82) is 0 Å². The molecule has 224 valence electrons. The Balaban J connectivity index is 2.64. The molecule has 0 saturated heterocycles. The minimum Gasteiger partial charge on any atom is -0.507 e. The van der Waals surface area contributed by atoms with Crippen LogP contribution in [-0.4, -0.2) is 52.0 Å². The first kappa shape index (κ1) is 33.4. The lowest BCUT2D eigenvalue weighted by Gasteiger charge is -2.35. The molecule has 0 aromatic heterocycles. The van der Waals surface area contributed by atoms with Crippen LogP contribution in [0, 0.1) is 13.8 Å². The Morgan fingerprint density at radius 1 is 1.07 bits per heavy atom. The van der Waals surface area contributed by atoms with Gasteiger partial charge in [-0.1, -0.05) is 55.3 Å². The highest BCUT2D eigenvalue weighted by Crippen LogP contribution is 2.35. The number of amides is 4. The number of carbonyl (C=O) groups is 4. The third kappa shape index (κ3) is 9.67. The van der Waals surface area contributed by atoms with Crippen molar-refractivity contribution in [1.82, 2.24) is 10.2 Å². The molecule has 11 heteroatoms. The molecule has 2 unspecified atom stereocenters. The van der Waals surface area contributed by atoms with Crippen molar-refractivity contribution in [3.63, 3.8) is 0 Å². The van der Waals surface area contributed by atoms with Crippen molar-refractivity contribution in [2.75, 3.05) is 11.9 Å². The van der Waals surface area contributed by atoms with Crippen molar-refractivity contribution in [3.05, 3.63) is 58.1 Å². The van der Waals surface area contributed by atoms with Crippen LogP contribution in [-0.2, 0) is 19.1 Å². The van der Waals surface area contributed by atoms with E-state index < -0.39 is 41.5 Å². The Morgan fingerprint density at radius 3 is 2.29 bits per heavy atom. The lowest BCUT2D eigenvalue weighted by molar-refractivity contribution is -0.141. The zero-order valence-corrected chi connectivity index (χ0v) is 25.3. The highest BCUT2D eigenvalue weighted by molar-refractivity contribution is 6.34. The molecule has 0 aliphatic heterocycles. The number of primary amides is 1. The monoisotopic (exact) mass is 588 g/mol. The van der Waals surface area contributed by atoms with E-state index in [-0.39, 0.29) is 30.7 Å². The van der Waals surface area contributed by atoms with E-state index >= 15 is 0 Å². The second-order valence-electron chi connectivity index (χ2n) is 10.9. The number of rotatable bonds is 12. The first-order valence-corrected chi connectivity index (χ1v) is 14.0. The summed E-state index contributed by atoms with van der Waals surface area (Å²) in [7, 11) is 0. The van der Waals surface area contributed by atoms with Gasteiger partial charge in [0.05, 0.1) is 10.7 Å². The number of para-hydroxylation sites is 2. The SMILES string of the molecule is CCCCN(C(=O)C(CCC(N)=O)NC(=O)OC(C)(C)C)C(C(=O)Nc1c(C)cccc1Cl)c1cccc(C)c1O. The highest BCUT2D eigenvalue weighted by atomic mass is 35.5. The van der Waals surface area contributed by atoms with Crippen molar-refractivity contribution in [3.8, 4) is 5.75 Å². The number of hydrogen-bond donors (Lipinski definition) is 4. The number of ether oxygens (including phenoxy) is 1. The molecule has 2 aromatic rings. The highest BCUT2D eigenvalue weighted by Gasteiger charge is 2.38. The minimum absolute atomic E-state index is 0.116. The summed E-state index contributed by atoms with van der Waals surface area (Å²) in [5.41, 5.74) is 6.30. The van der Waals surface area contributed by atoms with E-state index in [9.17, 15) is 24.3 Å². The normalized spacial score (nSPS) is 12.7. The van der Waals surface area contributed by atoms with E-state index in [0.717, 1.165) is 0 Å². The number of alkyl carbamates (subject to hydrolysis) is 1. The van der Waals surface area contributed by atoms with E-state index in [1.54, 1.807) is 71.0 Å². The Bertz CT molecular complexity index is 1240. The predicted octanol–water partition coefficient (Wildman–Crippen LogP) is 5.13. The predicted molar refractivity (Wildman–Crippen MR) is 159 cm³/mol. The maximum absolute atomic E-state index is 14.2. The molecule has 0 aliphatic rings. The number of aromatic hydroxyl groups is 1. The molecule has 10 nitrogen and oxygen atoms in total. The van der Waals surface area contributed by atoms with Gasteiger partial charge in [-0.25, -0.2) is 4.79 Å². The van der Waals surface area contributed by atoms with Gasteiger partial charge in [-0.2, -0.15) is 0 Å². The third-order valence-corrected chi connectivity index (χ3v) is 6.61. The fourth-order valence-electron chi connectivity index (χ4n) is 4.22. The second-order valence-corrected chi connectivity index (χ2v) is 11.3. The number of nitrogens with two attached hydrogens (primary N) is 1. The van der Waals surface area contributed by atoms with Gasteiger partial charge in [-0.3, -0.25) is 14.4 Å². The van der Waals surface area contributed by atoms with Gasteiger partial charge in [0.25, 0.3) is 5.91 Å².